The summed E-state index contributed by atoms with van der Waals surface area (Å²) >= 11 is 0. The quantitative estimate of drug-likeness (QED) is 0.173. The average molecular weight is 387 g/mol. The molecule has 0 aromatic heterocycles. The van der Waals surface area contributed by atoms with Crippen LogP contribution in [0.3, 0.4) is 0 Å². The van der Waals surface area contributed by atoms with Crippen molar-refractivity contribution in [3.63, 3.8) is 0 Å². The smallest absolute Gasteiger partial charge is 0.402 e. The Hall–Kier alpha value is 1.16. The van der Waals surface area contributed by atoms with Crippen molar-refractivity contribution < 1.29 is 102 Å². The molecule has 0 aromatic carbocycles. The number of hydrogen-bond acceptors (Lipinski definition) is 12. The average Bonchev–Trinajstić information content (AvgIpc) is 1.76. The molecule has 17 heteroatoms. The van der Waals surface area contributed by atoms with Gasteiger partial charge in [-0.05, 0) is 0 Å². The van der Waals surface area contributed by atoms with Gasteiger partial charge in [-0.3, -0.25) is 0 Å². The molecule has 0 fully saturated rings. The van der Waals surface area contributed by atoms with Crippen LogP contribution in [0.1, 0.15) is 0 Å². The molecule has 17 heavy (non-hydrogen) atoms. The third kappa shape index (κ3) is 2950. The van der Waals surface area contributed by atoms with Crippen LogP contribution in [-0.4, -0.2) is 89.6 Å². The molecule has 12 N–H and O–H groups in total. The molecule has 0 saturated carbocycles. The fraction of sp³-hybridized carbons (Fsp3) is 0. The SMILES string of the molecule is OB(O)O.OB(O)O.OB(O)O.OB(O)O.[Ce]. The largest absolute Gasteiger partial charge is 0.631 e. The van der Waals surface area contributed by atoms with Crippen molar-refractivity contribution in [2.24, 2.45) is 0 Å². The topological polar surface area (TPSA) is 243 Å². The summed E-state index contributed by atoms with van der Waals surface area (Å²) in [6.07, 6.45) is 0. The molecule has 0 aromatic rings. The van der Waals surface area contributed by atoms with Gasteiger partial charge in [0.05, 0.1) is 0 Å². The molecular formula is H12B4CeO12. The first-order valence-corrected chi connectivity index (χ1v) is 3.10. The zero-order valence-corrected chi connectivity index (χ0v) is 11.3. The van der Waals surface area contributed by atoms with Gasteiger partial charge in [0.1, 0.15) is 0 Å². The minimum atomic E-state index is -2.17. The summed E-state index contributed by atoms with van der Waals surface area (Å²) < 4.78 is 0. The summed E-state index contributed by atoms with van der Waals surface area (Å²) in [5, 5.41) is 86.0. The van der Waals surface area contributed by atoms with Crippen LogP contribution in [0.5, 0.6) is 0 Å². The molecule has 0 rings (SSSR count). The normalized spacial score (nSPS) is 6.35. The van der Waals surface area contributed by atoms with Crippen molar-refractivity contribution in [3.8, 4) is 0 Å². The minimum Gasteiger partial charge on any atom is -0.402 e. The Balaban J connectivity index is -0.0000000369. The summed E-state index contributed by atoms with van der Waals surface area (Å²) in [4.78, 5) is 0. The third-order valence-electron chi connectivity index (χ3n) is 0. The molecule has 0 aliphatic carbocycles. The Kier molecular flexibility index (Phi) is 47.0. The van der Waals surface area contributed by atoms with E-state index in [2.05, 4.69) is 0 Å². The predicted octanol–water partition coefficient (Wildman–Crippen LogP) is -8.21. The van der Waals surface area contributed by atoms with E-state index in [1.807, 2.05) is 0 Å². The molecule has 0 aliphatic rings. The third-order valence-corrected chi connectivity index (χ3v) is 0. The Labute approximate surface area is 131 Å². The first-order chi connectivity index (χ1) is 6.93. The molecule has 0 unspecified atom stereocenters. The van der Waals surface area contributed by atoms with Crippen molar-refractivity contribution in [2.75, 3.05) is 0 Å². The van der Waals surface area contributed by atoms with E-state index in [1.165, 1.54) is 0 Å². The van der Waals surface area contributed by atoms with E-state index in [0.29, 0.717) is 0 Å². The van der Waals surface area contributed by atoms with Crippen LogP contribution in [0.2, 0.25) is 0 Å². The fourth-order valence-electron chi connectivity index (χ4n) is 0. The second-order valence-corrected chi connectivity index (χ2v) is 1.39. The molecule has 0 aliphatic heterocycles. The van der Waals surface area contributed by atoms with Crippen molar-refractivity contribution >= 4 is 29.3 Å². The van der Waals surface area contributed by atoms with E-state index in [0.717, 1.165) is 0 Å². The fourth-order valence-corrected chi connectivity index (χ4v) is 0. The van der Waals surface area contributed by atoms with Crippen LogP contribution in [0.25, 0.3) is 0 Å². The Bertz CT molecular complexity index is 61.5. The first-order valence-electron chi connectivity index (χ1n) is 3.10. The van der Waals surface area contributed by atoms with Gasteiger partial charge in [0.2, 0.25) is 0 Å². The molecule has 12 nitrogen and oxygen atoms in total. The summed E-state index contributed by atoms with van der Waals surface area (Å²) in [7, 11) is -8.67. The molecule has 0 amide bonds. The van der Waals surface area contributed by atoms with Crippen LogP contribution in [0.15, 0.2) is 0 Å². The first kappa shape index (κ1) is 30.9. The van der Waals surface area contributed by atoms with E-state index in [-0.39, 0.29) is 41.7 Å². The second kappa shape index (κ2) is 25.9. The summed E-state index contributed by atoms with van der Waals surface area (Å²) in [6.45, 7) is 0. The zero-order valence-electron chi connectivity index (χ0n) is 8.18. The Morgan fingerprint density at radius 2 is 0.294 bits per heavy atom. The summed E-state index contributed by atoms with van der Waals surface area (Å²) in [5.41, 5.74) is 0. The standard InChI is InChI=1S/4BH3O3.Ce/c4*2-1(3)4;/h4*2-4H;. The van der Waals surface area contributed by atoms with E-state index < -0.39 is 29.3 Å². The molecule has 0 saturated heterocycles. The molecule has 100 valence electrons. The molecule has 0 atom stereocenters. The minimum absolute atomic E-state index is 0. The van der Waals surface area contributed by atoms with Gasteiger partial charge in [0.25, 0.3) is 0 Å². The molecule has 0 spiro atoms. The van der Waals surface area contributed by atoms with Crippen LogP contribution in [-0.2, 0) is 0 Å². The van der Waals surface area contributed by atoms with E-state index >= 15 is 0 Å². The van der Waals surface area contributed by atoms with Crippen LogP contribution < -0.4 is 0 Å². The van der Waals surface area contributed by atoms with Gasteiger partial charge in [-0.25, -0.2) is 0 Å². The zero-order chi connectivity index (χ0) is 14.3. The molecular weight excluding hydrogens is 375 g/mol. The van der Waals surface area contributed by atoms with Gasteiger partial charge in [0, 0.05) is 41.7 Å². The molecule has 0 bridgehead atoms. The summed E-state index contributed by atoms with van der Waals surface area (Å²) in [5.74, 6) is 0. The van der Waals surface area contributed by atoms with E-state index in [1.54, 1.807) is 0 Å². The number of rotatable bonds is 0. The van der Waals surface area contributed by atoms with Gasteiger partial charge in [-0.2, -0.15) is 0 Å². The van der Waals surface area contributed by atoms with Crippen molar-refractivity contribution in [1.29, 1.82) is 0 Å². The maximum absolute atomic E-state index is 7.17. The van der Waals surface area contributed by atoms with E-state index in [9.17, 15) is 0 Å². The van der Waals surface area contributed by atoms with Crippen molar-refractivity contribution in [3.05, 3.63) is 0 Å². The maximum atomic E-state index is 7.17. The number of hydrogen-bond donors (Lipinski definition) is 12. The van der Waals surface area contributed by atoms with E-state index in [4.69, 9.17) is 60.3 Å². The van der Waals surface area contributed by atoms with Gasteiger partial charge in [-0.15, -0.1) is 0 Å². The van der Waals surface area contributed by atoms with Crippen molar-refractivity contribution in [2.45, 2.75) is 0 Å². The van der Waals surface area contributed by atoms with Gasteiger partial charge in [0.15, 0.2) is 0 Å². The Morgan fingerprint density at radius 3 is 0.294 bits per heavy atom. The summed E-state index contributed by atoms with van der Waals surface area (Å²) in [6, 6.07) is 0. The van der Waals surface area contributed by atoms with Gasteiger partial charge in [-0.1, -0.05) is 0 Å². The maximum Gasteiger partial charge on any atom is 0.631 e. The van der Waals surface area contributed by atoms with Crippen LogP contribution in [0, 0.1) is 41.7 Å². The van der Waals surface area contributed by atoms with Crippen LogP contribution >= 0.6 is 0 Å². The van der Waals surface area contributed by atoms with Crippen LogP contribution in [0.4, 0.5) is 0 Å². The van der Waals surface area contributed by atoms with Gasteiger partial charge >= 0.3 is 29.3 Å². The molecule has 0 radical (unpaired) electrons. The predicted molar refractivity (Wildman–Crippen MR) is 49.6 cm³/mol. The molecule has 0 heterocycles. The Morgan fingerprint density at radius 1 is 0.294 bits per heavy atom. The van der Waals surface area contributed by atoms with Gasteiger partial charge < -0.3 is 60.3 Å². The second-order valence-electron chi connectivity index (χ2n) is 1.39. The monoisotopic (exact) mass is 388 g/mol. The van der Waals surface area contributed by atoms with Crippen molar-refractivity contribution in [1.82, 2.24) is 0 Å².